The number of carboxylic acids is 1. The van der Waals surface area contributed by atoms with E-state index >= 15 is 0 Å². The summed E-state index contributed by atoms with van der Waals surface area (Å²) in [4.78, 5) is 55.3. The predicted octanol–water partition coefficient (Wildman–Crippen LogP) is -2.16. The van der Waals surface area contributed by atoms with Crippen LogP contribution < -0.4 is 27.8 Å². The molecular formula is C21H39N7O6. The summed E-state index contributed by atoms with van der Waals surface area (Å²) in [7, 11) is 0. The highest BCUT2D eigenvalue weighted by molar-refractivity contribution is 5.94. The minimum Gasteiger partial charge on any atom is -0.480 e. The van der Waals surface area contributed by atoms with Gasteiger partial charge in [0.05, 0.1) is 12.1 Å². The van der Waals surface area contributed by atoms with Crippen LogP contribution in [-0.4, -0.2) is 88.1 Å². The van der Waals surface area contributed by atoms with Gasteiger partial charge in [0.15, 0.2) is 12.0 Å². The van der Waals surface area contributed by atoms with Gasteiger partial charge in [-0.05, 0) is 44.9 Å². The number of nitrogens with one attached hydrogen (secondary N) is 2. The number of carbonyl (C=O) groups excluding carboxylic acids is 3. The van der Waals surface area contributed by atoms with Crippen molar-refractivity contribution < 1.29 is 29.4 Å². The van der Waals surface area contributed by atoms with Gasteiger partial charge in [-0.1, -0.05) is 13.8 Å². The van der Waals surface area contributed by atoms with E-state index < -0.39 is 48.1 Å². The van der Waals surface area contributed by atoms with Crippen molar-refractivity contribution in [3.8, 4) is 0 Å². The molecule has 194 valence electrons. The number of carboxylic acid groups (broad SMARTS) is 1. The molecule has 0 aromatic rings. The van der Waals surface area contributed by atoms with Gasteiger partial charge in [0.25, 0.3) is 0 Å². The Hall–Kier alpha value is -2.93. The van der Waals surface area contributed by atoms with Gasteiger partial charge in [-0.25, -0.2) is 4.79 Å². The Morgan fingerprint density at radius 2 is 1.79 bits per heavy atom. The van der Waals surface area contributed by atoms with Crippen molar-refractivity contribution >= 4 is 29.7 Å². The van der Waals surface area contributed by atoms with E-state index in [0.717, 1.165) is 0 Å². The first-order chi connectivity index (χ1) is 15.8. The van der Waals surface area contributed by atoms with E-state index in [1.165, 1.54) is 11.8 Å². The SMILES string of the molecule is CC(C)CC(N)C(=O)N1CCCC1C(=O)NC(CCCN=C(N)N)C(=O)NC(C(=O)O)C(C)O. The van der Waals surface area contributed by atoms with E-state index in [1.54, 1.807) is 0 Å². The minimum atomic E-state index is -1.55. The second kappa shape index (κ2) is 13.7. The molecule has 5 unspecified atom stereocenters. The molecule has 1 fully saturated rings. The van der Waals surface area contributed by atoms with Crippen LogP contribution in [0.2, 0.25) is 0 Å². The molecule has 0 aromatic carbocycles. The van der Waals surface area contributed by atoms with E-state index in [0.29, 0.717) is 32.2 Å². The number of guanidine groups is 1. The highest BCUT2D eigenvalue weighted by Crippen LogP contribution is 2.20. The number of nitrogens with zero attached hydrogens (tertiary/aromatic N) is 2. The number of hydrogen-bond acceptors (Lipinski definition) is 7. The molecule has 13 nitrogen and oxygen atoms in total. The summed E-state index contributed by atoms with van der Waals surface area (Å²) < 4.78 is 0. The average molecular weight is 486 g/mol. The number of aliphatic carboxylic acids is 1. The topological polar surface area (TPSA) is 226 Å². The van der Waals surface area contributed by atoms with E-state index in [2.05, 4.69) is 15.6 Å². The van der Waals surface area contributed by atoms with E-state index in [-0.39, 0.29) is 30.8 Å². The van der Waals surface area contributed by atoms with Crippen LogP contribution in [0.25, 0.3) is 0 Å². The van der Waals surface area contributed by atoms with Crippen LogP contribution in [0.1, 0.15) is 52.9 Å². The lowest BCUT2D eigenvalue weighted by Crippen LogP contribution is -2.58. The first-order valence-corrected chi connectivity index (χ1v) is 11.5. The van der Waals surface area contributed by atoms with Gasteiger partial charge in [-0.2, -0.15) is 0 Å². The Morgan fingerprint density at radius 1 is 1.15 bits per heavy atom. The molecule has 1 aliphatic rings. The standard InChI is InChI=1S/C21H39N7O6/c1-11(2)10-13(22)19(32)28-9-5-7-15(28)18(31)26-14(6-4-8-25-21(23)24)17(30)27-16(12(3)29)20(33)34/h11-16,29H,4-10,22H2,1-3H3,(H,26,31)(H,27,30)(H,33,34)(H4,23,24,25). The molecule has 0 spiro atoms. The summed E-state index contributed by atoms with van der Waals surface area (Å²) in [5.41, 5.74) is 16.6. The Bertz CT molecular complexity index is 754. The molecule has 0 saturated carbocycles. The van der Waals surface area contributed by atoms with Crippen LogP contribution in [0, 0.1) is 5.92 Å². The quantitative estimate of drug-likeness (QED) is 0.0854. The fourth-order valence-corrected chi connectivity index (χ4v) is 3.81. The van der Waals surface area contributed by atoms with Gasteiger partial charge in [-0.3, -0.25) is 19.4 Å². The monoisotopic (exact) mass is 485 g/mol. The molecule has 0 radical (unpaired) electrons. The van der Waals surface area contributed by atoms with E-state index in [1.807, 2.05) is 13.8 Å². The zero-order chi connectivity index (χ0) is 26.0. The van der Waals surface area contributed by atoms with Crippen molar-refractivity contribution in [3.63, 3.8) is 0 Å². The zero-order valence-corrected chi connectivity index (χ0v) is 20.1. The third kappa shape index (κ3) is 9.14. The number of nitrogens with two attached hydrogens (primary N) is 3. The molecule has 10 N–H and O–H groups in total. The number of aliphatic hydroxyl groups excluding tert-OH is 1. The lowest BCUT2D eigenvalue weighted by atomic mass is 10.0. The van der Waals surface area contributed by atoms with Crippen LogP contribution in [0.3, 0.4) is 0 Å². The molecule has 0 aliphatic carbocycles. The highest BCUT2D eigenvalue weighted by Gasteiger charge is 2.38. The van der Waals surface area contributed by atoms with Crippen LogP contribution in [0.15, 0.2) is 4.99 Å². The number of likely N-dealkylation sites (tertiary alicyclic amines) is 1. The van der Waals surface area contributed by atoms with Gasteiger partial charge in [0, 0.05) is 13.1 Å². The third-order valence-corrected chi connectivity index (χ3v) is 5.51. The average Bonchev–Trinajstić information content (AvgIpc) is 3.22. The van der Waals surface area contributed by atoms with Crippen molar-refractivity contribution in [2.24, 2.45) is 28.1 Å². The summed E-state index contributed by atoms with van der Waals surface area (Å²) in [6.07, 6.45) is 0.575. The molecular weight excluding hydrogens is 446 g/mol. The molecule has 5 atom stereocenters. The molecule has 34 heavy (non-hydrogen) atoms. The van der Waals surface area contributed by atoms with Crippen molar-refractivity contribution in [2.45, 2.75) is 83.1 Å². The Morgan fingerprint density at radius 3 is 2.32 bits per heavy atom. The molecule has 13 heteroatoms. The maximum absolute atomic E-state index is 13.1. The molecule has 3 amide bonds. The van der Waals surface area contributed by atoms with Crippen molar-refractivity contribution in [1.29, 1.82) is 0 Å². The first-order valence-electron chi connectivity index (χ1n) is 11.5. The largest absolute Gasteiger partial charge is 0.480 e. The third-order valence-electron chi connectivity index (χ3n) is 5.51. The zero-order valence-electron chi connectivity index (χ0n) is 20.1. The van der Waals surface area contributed by atoms with Crippen LogP contribution in [0.5, 0.6) is 0 Å². The summed E-state index contributed by atoms with van der Waals surface area (Å²) in [6.45, 7) is 5.70. The van der Waals surface area contributed by atoms with Crippen molar-refractivity contribution in [2.75, 3.05) is 13.1 Å². The summed E-state index contributed by atoms with van der Waals surface area (Å²) in [5, 5.41) is 23.8. The summed E-state index contributed by atoms with van der Waals surface area (Å²) in [5.74, 6) is -2.96. The number of carbonyl (C=O) groups is 4. The smallest absolute Gasteiger partial charge is 0.328 e. The Kier molecular flexibility index (Phi) is 11.7. The molecule has 0 aromatic heterocycles. The number of hydrogen-bond donors (Lipinski definition) is 7. The minimum absolute atomic E-state index is 0.105. The van der Waals surface area contributed by atoms with Crippen LogP contribution in [-0.2, 0) is 19.2 Å². The number of aliphatic imine (C=N–C) groups is 1. The second-order valence-corrected chi connectivity index (χ2v) is 9.00. The van der Waals surface area contributed by atoms with Gasteiger partial charge in [0.2, 0.25) is 17.7 Å². The number of rotatable bonds is 13. The van der Waals surface area contributed by atoms with Crippen LogP contribution in [0.4, 0.5) is 0 Å². The first kappa shape index (κ1) is 29.1. The number of amides is 3. The van der Waals surface area contributed by atoms with Crippen molar-refractivity contribution in [1.82, 2.24) is 15.5 Å². The summed E-state index contributed by atoms with van der Waals surface area (Å²) >= 11 is 0. The fraction of sp³-hybridized carbons (Fsp3) is 0.762. The summed E-state index contributed by atoms with van der Waals surface area (Å²) in [6, 6.07) is -4.19. The lowest BCUT2D eigenvalue weighted by Gasteiger charge is -2.29. The van der Waals surface area contributed by atoms with Gasteiger partial charge < -0.3 is 42.9 Å². The Labute approximate surface area is 199 Å². The Balaban J connectivity index is 2.95. The van der Waals surface area contributed by atoms with Gasteiger partial charge in [-0.15, -0.1) is 0 Å². The highest BCUT2D eigenvalue weighted by atomic mass is 16.4. The molecule has 1 saturated heterocycles. The van der Waals surface area contributed by atoms with E-state index in [4.69, 9.17) is 17.2 Å². The maximum Gasteiger partial charge on any atom is 0.328 e. The van der Waals surface area contributed by atoms with Crippen molar-refractivity contribution in [3.05, 3.63) is 0 Å². The normalized spacial score (nSPS) is 19.1. The second-order valence-electron chi connectivity index (χ2n) is 9.00. The van der Waals surface area contributed by atoms with Gasteiger partial charge in [0.1, 0.15) is 12.1 Å². The maximum atomic E-state index is 13.1. The molecule has 1 rings (SSSR count). The molecule has 0 bridgehead atoms. The predicted molar refractivity (Wildman–Crippen MR) is 125 cm³/mol. The molecule has 1 aliphatic heterocycles. The number of aliphatic hydroxyl groups is 1. The van der Waals surface area contributed by atoms with E-state index in [9.17, 15) is 29.4 Å². The fourth-order valence-electron chi connectivity index (χ4n) is 3.81. The lowest BCUT2D eigenvalue weighted by molar-refractivity contribution is -0.145. The van der Waals surface area contributed by atoms with Gasteiger partial charge >= 0.3 is 5.97 Å². The molecule has 1 heterocycles. The van der Waals surface area contributed by atoms with Crippen LogP contribution >= 0.6 is 0 Å².